The predicted molar refractivity (Wildman–Crippen MR) is 132 cm³/mol. The molecule has 1 saturated carbocycles. The fourth-order valence-electron chi connectivity index (χ4n) is 7.10. The molecule has 0 amide bonds. The van der Waals surface area contributed by atoms with Crippen molar-refractivity contribution >= 4 is 5.97 Å². The second-order valence-electron chi connectivity index (χ2n) is 11.4. The van der Waals surface area contributed by atoms with Gasteiger partial charge in [-0.1, -0.05) is 49.1 Å². The summed E-state index contributed by atoms with van der Waals surface area (Å²) in [6.07, 6.45) is -0.444. The topological polar surface area (TPSA) is 29.5 Å². The Bertz CT molecular complexity index is 988. The Morgan fingerprint density at radius 1 is 1.00 bits per heavy atom. The summed E-state index contributed by atoms with van der Waals surface area (Å²) in [6.45, 7) is 4.16. The molecule has 1 aliphatic heterocycles. The maximum atomic E-state index is 13.6. The van der Waals surface area contributed by atoms with Gasteiger partial charge in [-0.05, 0) is 93.8 Å². The van der Waals surface area contributed by atoms with Crippen molar-refractivity contribution in [2.45, 2.75) is 95.5 Å². The number of alkyl halides is 6. The lowest BCUT2D eigenvalue weighted by molar-refractivity contribution is -0.206. The number of carbonyl (C=O) groups is 1. The molecule has 38 heavy (non-hydrogen) atoms. The van der Waals surface area contributed by atoms with E-state index in [0.29, 0.717) is 50.8 Å². The second-order valence-corrected chi connectivity index (χ2v) is 11.4. The number of hydrogen-bond donors (Lipinski definition) is 0. The highest BCUT2D eigenvalue weighted by molar-refractivity contribution is 5.75. The van der Waals surface area contributed by atoms with Crippen LogP contribution in [0.3, 0.4) is 0 Å². The Morgan fingerprint density at radius 2 is 1.66 bits per heavy atom. The van der Waals surface area contributed by atoms with Gasteiger partial charge in [0.1, 0.15) is 6.10 Å². The first-order valence-electron chi connectivity index (χ1n) is 13.7. The lowest BCUT2D eigenvalue weighted by atomic mass is 9.62. The Labute approximate surface area is 220 Å². The van der Waals surface area contributed by atoms with Gasteiger partial charge in [0.15, 0.2) is 0 Å². The van der Waals surface area contributed by atoms with Crippen molar-refractivity contribution in [3.63, 3.8) is 0 Å². The molecule has 1 saturated heterocycles. The Balaban J connectivity index is 1.48. The molecule has 0 radical (unpaired) electrons. The van der Waals surface area contributed by atoms with Crippen LogP contribution in [-0.4, -0.2) is 42.8 Å². The van der Waals surface area contributed by atoms with Gasteiger partial charge < -0.3 is 9.64 Å². The molecule has 2 fully saturated rings. The average molecular weight is 546 g/mol. The third-order valence-electron chi connectivity index (χ3n) is 8.93. The molecule has 2 aliphatic carbocycles. The van der Waals surface area contributed by atoms with Crippen molar-refractivity contribution in [3.8, 4) is 0 Å². The van der Waals surface area contributed by atoms with Crippen LogP contribution < -0.4 is 0 Å². The van der Waals surface area contributed by atoms with Crippen molar-refractivity contribution in [2.75, 3.05) is 19.6 Å². The van der Waals surface area contributed by atoms with E-state index in [1.807, 2.05) is 6.92 Å². The summed E-state index contributed by atoms with van der Waals surface area (Å²) in [6, 6.07) is 5.84. The Morgan fingerprint density at radius 3 is 2.29 bits per heavy atom. The first kappa shape index (κ1) is 29.0. The third-order valence-corrected chi connectivity index (χ3v) is 8.93. The minimum Gasteiger partial charge on any atom is -0.456 e. The molecule has 0 aromatic heterocycles. The summed E-state index contributed by atoms with van der Waals surface area (Å²) in [5.74, 6) is -2.28. The minimum atomic E-state index is -5.01. The molecule has 1 aromatic carbocycles. The lowest BCUT2D eigenvalue weighted by Gasteiger charge is -2.49. The van der Waals surface area contributed by atoms with Crippen LogP contribution in [0.1, 0.15) is 88.2 Å². The molecule has 1 aromatic rings. The van der Waals surface area contributed by atoms with E-state index in [4.69, 9.17) is 4.74 Å². The number of piperidine rings is 1. The van der Waals surface area contributed by atoms with Gasteiger partial charge in [-0.2, -0.15) is 26.3 Å². The van der Waals surface area contributed by atoms with Crippen molar-refractivity contribution in [3.05, 3.63) is 47.0 Å². The van der Waals surface area contributed by atoms with Gasteiger partial charge >= 0.3 is 18.3 Å². The van der Waals surface area contributed by atoms with E-state index < -0.39 is 30.0 Å². The summed E-state index contributed by atoms with van der Waals surface area (Å²) in [5, 5.41) is 0. The van der Waals surface area contributed by atoms with Gasteiger partial charge in [-0.3, -0.25) is 0 Å². The number of carbonyl (C=O) groups excluding carboxylic acids is 1. The molecule has 0 N–H and O–H groups in total. The molecular formula is C29H37F6NO2. The molecule has 2 atom stereocenters. The van der Waals surface area contributed by atoms with E-state index in [-0.39, 0.29) is 17.3 Å². The van der Waals surface area contributed by atoms with Crippen LogP contribution in [0.5, 0.6) is 0 Å². The number of halogens is 6. The number of allylic oxidation sites excluding steroid dienone is 2. The fraction of sp³-hybridized carbons (Fsp3) is 0.690. The largest absolute Gasteiger partial charge is 0.490 e. The van der Waals surface area contributed by atoms with E-state index in [9.17, 15) is 31.1 Å². The van der Waals surface area contributed by atoms with E-state index in [1.54, 1.807) is 12.1 Å². The lowest BCUT2D eigenvalue weighted by Crippen LogP contribution is -2.47. The zero-order valence-electron chi connectivity index (χ0n) is 21.8. The van der Waals surface area contributed by atoms with Gasteiger partial charge in [0, 0.05) is 6.54 Å². The van der Waals surface area contributed by atoms with Crippen molar-refractivity contribution < 1.29 is 35.9 Å². The molecule has 212 valence electrons. The first-order valence-corrected chi connectivity index (χ1v) is 13.7. The normalized spacial score (nSPS) is 25.9. The van der Waals surface area contributed by atoms with Crippen LogP contribution in [0.4, 0.5) is 26.3 Å². The first-order chi connectivity index (χ1) is 17.9. The molecule has 4 rings (SSSR count). The van der Waals surface area contributed by atoms with Crippen molar-refractivity contribution in [2.24, 2.45) is 11.3 Å². The highest BCUT2D eigenvalue weighted by Gasteiger charge is 2.46. The predicted octanol–water partition coefficient (Wildman–Crippen LogP) is 8.06. The molecular weight excluding hydrogens is 508 g/mol. The van der Waals surface area contributed by atoms with Gasteiger partial charge in [0.05, 0.1) is 5.56 Å². The molecule has 0 bridgehead atoms. The summed E-state index contributed by atoms with van der Waals surface area (Å²) in [4.78, 5) is 13.9. The van der Waals surface area contributed by atoms with Crippen LogP contribution in [0.2, 0.25) is 0 Å². The number of likely N-dealkylation sites (tertiary alicyclic amines) is 1. The zero-order valence-corrected chi connectivity index (χ0v) is 21.8. The van der Waals surface area contributed by atoms with Crippen molar-refractivity contribution in [1.29, 1.82) is 0 Å². The van der Waals surface area contributed by atoms with Crippen LogP contribution in [0, 0.1) is 11.3 Å². The van der Waals surface area contributed by atoms with E-state index in [2.05, 4.69) is 11.0 Å². The van der Waals surface area contributed by atoms with Gasteiger partial charge in [0.25, 0.3) is 0 Å². The summed E-state index contributed by atoms with van der Waals surface area (Å²) < 4.78 is 84.4. The van der Waals surface area contributed by atoms with E-state index >= 15 is 0 Å². The van der Waals surface area contributed by atoms with Crippen LogP contribution >= 0.6 is 0 Å². The van der Waals surface area contributed by atoms with E-state index in [0.717, 1.165) is 50.3 Å². The van der Waals surface area contributed by atoms with Crippen LogP contribution in [0.15, 0.2) is 35.9 Å². The SMILES string of the molecule is CC1=CCCC(OC(=O)C(F)(F)F)CC1C1(CN2CCC(c3ccccc3C(F)(F)F)CC2)CCCCC1. The molecule has 2 unspecified atom stereocenters. The molecule has 9 heteroatoms. The smallest absolute Gasteiger partial charge is 0.456 e. The highest BCUT2D eigenvalue weighted by Crippen LogP contribution is 2.50. The number of esters is 1. The Hall–Kier alpha value is -2.03. The van der Waals surface area contributed by atoms with Gasteiger partial charge in [-0.25, -0.2) is 4.79 Å². The second kappa shape index (κ2) is 11.6. The number of nitrogens with zero attached hydrogens (tertiary/aromatic N) is 1. The summed E-state index contributed by atoms with van der Waals surface area (Å²) in [7, 11) is 0. The monoisotopic (exact) mass is 545 g/mol. The number of ether oxygens (including phenoxy) is 1. The molecule has 0 spiro atoms. The molecule has 1 heterocycles. The minimum absolute atomic E-state index is 0.0000116. The highest BCUT2D eigenvalue weighted by atomic mass is 19.4. The summed E-state index contributed by atoms with van der Waals surface area (Å²) in [5.41, 5.74) is 0.805. The quantitative estimate of drug-likeness (QED) is 0.213. The van der Waals surface area contributed by atoms with Crippen molar-refractivity contribution in [1.82, 2.24) is 4.90 Å². The maximum Gasteiger partial charge on any atom is 0.490 e. The maximum absolute atomic E-state index is 13.6. The van der Waals surface area contributed by atoms with Crippen LogP contribution in [-0.2, 0) is 15.7 Å². The summed E-state index contributed by atoms with van der Waals surface area (Å²) >= 11 is 0. The van der Waals surface area contributed by atoms with Crippen LogP contribution in [0.25, 0.3) is 0 Å². The molecule has 3 nitrogen and oxygen atoms in total. The number of hydrogen-bond acceptors (Lipinski definition) is 3. The van der Waals surface area contributed by atoms with Gasteiger partial charge in [-0.15, -0.1) is 0 Å². The standard InChI is InChI=1S/C29H37F6NO2/c1-20-8-7-9-22(38-26(37)29(33,34)35)18-25(20)27(14-5-2-6-15-27)19-36-16-12-21(13-17-36)23-10-3-4-11-24(23)28(30,31)32/h3-4,8,10-11,21-22,25H,2,5-7,9,12-19H2,1H3. The average Bonchev–Trinajstić information content (AvgIpc) is 3.05. The van der Waals surface area contributed by atoms with E-state index in [1.165, 1.54) is 6.07 Å². The number of benzene rings is 1. The number of rotatable bonds is 5. The molecule has 3 aliphatic rings. The Kier molecular flexibility index (Phi) is 8.85. The third kappa shape index (κ3) is 6.75. The van der Waals surface area contributed by atoms with Gasteiger partial charge in [0.2, 0.25) is 0 Å². The zero-order chi connectivity index (χ0) is 27.6. The fourth-order valence-corrected chi connectivity index (χ4v) is 7.10.